The van der Waals surface area contributed by atoms with Crippen molar-refractivity contribution in [3.8, 4) is 0 Å². The average Bonchev–Trinajstić information content (AvgIpc) is 2.23. The summed E-state index contributed by atoms with van der Waals surface area (Å²) in [4.78, 5) is 13.7. The van der Waals surface area contributed by atoms with Gasteiger partial charge in [0.25, 0.3) is 5.91 Å². The molecule has 0 aliphatic rings. The van der Waals surface area contributed by atoms with E-state index >= 15 is 0 Å². The van der Waals surface area contributed by atoms with Crippen LogP contribution in [-0.4, -0.2) is 38.0 Å². The van der Waals surface area contributed by atoms with E-state index in [1.807, 2.05) is 19.0 Å². The van der Waals surface area contributed by atoms with E-state index in [0.717, 1.165) is 19.0 Å². The lowest BCUT2D eigenvalue weighted by molar-refractivity contribution is 0.0952. The molecule has 1 rings (SSSR count). The highest BCUT2D eigenvalue weighted by molar-refractivity contribution is 6.33. The molecule has 0 saturated carbocycles. The molecule has 1 aromatic carbocycles. The number of amides is 1. The molecule has 1 amide bonds. The lowest BCUT2D eigenvalue weighted by Gasteiger charge is -2.10. The van der Waals surface area contributed by atoms with Crippen LogP contribution in [0.25, 0.3) is 0 Å². The van der Waals surface area contributed by atoms with Gasteiger partial charge in [-0.2, -0.15) is 0 Å². The summed E-state index contributed by atoms with van der Waals surface area (Å²) < 4.78 is 12.8. The molecule has 0 atom stereocenters. The predicted molar refractivity (Wildman–Crippen MR) is 66.9 cm³/mol. The van der Waals surface area contributed by atoms with Gasteiger partial charge in [0.05, 0.1) is 10.6 Å². The van der Waals surface area contributed by atoms with Gasteiger partial charge in [0, 0.05) is 6.54 Å². The molecule has 1 aromatic rings. The number of carbonyl (C=O) groups is 1. The summed E-state index contributed by atoms with van der Waals surface area (Å²) in [7, 11) is 3.94. The van der Waals surface area contributed by atoms with Crippen LogP contribution in [0.5, 0.6) is 0 Å². The molecule has 3 nitrogen and oxygen atoms in total. The lowest BCUT2D eigenvalue weighted by atomic mass is 10.2. The van der Waals surface area contributed by atoms with Crippen LogP contribution in [0.3, 0.4) is 0 Å². The standard InChI is InChI=1S/C12H16ClFN2O/c1-16(2)7-3-6-15-12(17)10-5-4-9(14)8-11(10)13/h4-5,8H,3,6-7H2,1-2H3,(H,15,17). The predicted octanol–water partition coefficient (Wildman–Crippen LogP) is 2.16. The normalized spacial score (nSPS) is 10.6. The molecular formula is C12H16ClFN2O. The fraction of sp³-hybridized carbons (Fsp3) is 0.417. The van der Waals surface area contributed by atoms with E-state index in [2.05, 4.69) is 5.32 Å². The van der Waals surface area contributed by atoms with E-state index in [1.165, 1.54) is 12.1 Å². The third-order valence-electron chi connectivity index (χ3n) is 2.24. The van der Waals surface area contributed by atoms with Gasteiger partial charge in [-0.3, -0.25) is 4.79 Å². The van der Waals surface area contributed by atoms with Crippen molar-refractivity contribution in [3.05, 3.63) is 34.6 Å². The molecule has 0 bridgehead atoms. The van der Waals surface area contributed by atoms with E-state index in [-0.39, 0.29) is 10.9 Å². The zero-order valence-corrected chi connectivity index (χ0v) is 10.7. The van der Waals surface area contributed by atoms with Gasteiger partial charge in [-0.05, 0) is 45.3 Å². The molecule has 0 heterocycles. The van der Waals surface area contributed by atoms with Crippen molar-refractivity contribution in [2.75, 3.05) is 27.2 Å². The van der Waals surface area contributed by atoms with Gasteiger partial charge in [-0.25, -0.2) is 4.39 Å². The zero-order valence-electron chi connectivity index (χ0n) is 9.96. The van der Waals surface area contributed by atoms with Crippen molar-refractivity contribution in [2.24, 2.45) is 0 Å². The number of nitrogens with one attached hydrogen (secondary N) is 1. The van der Waals surface area contributed by atoms with Gasteiger partial charge in [0.2, 0.25) is 0 Å². The van der Waals surface area contributed by atoms with Gasteiger partial charge < -0.3 is 10.2 Å². The molecule has 94 valence electrons. The lowest BCUT2D eigenvalue weighted by Crippen LogP contribution is -2.27. The number of rotatable bonds is 5. The molecule has 0 saturated heterocycles. The summed E-state index contributed by atoms with van der Waals surface area (Å²) in [6.45, 7) is 1.47. The maximum absolute atomic E-state index is 12.8. The van der Waals surface area contributed by atoms with Crippen LogP contribution in [0.4, 0.5) is 4.39 Å². The second-order valence-corrected chi connectivity index (χ2v) is 4.44. The number of halogens is 2. The first-order valence-corrected chi connectivity index (χ1v) is 5.76. The summed E-state index contributed by atoms with van der Waals surface area (Å²) in [5.74, 6) is -0.715. The second-order valence-electron chi connectivity index (χ2n) is 4.04. The fourth-order valence-corrected chi connectivity index (χ4v) is 1.62. The molecule has 0 fully saturated rings. The number of benzene rings is 1. The highest BCUT2D eigenvalue weighted by Gasteiger charge is 2.10. The Balaban J connectivity index is 2.47. The molecule has 0 aliphatic heterocycles. The first kappa shape index (κ1) is 13.9. The third-order valence-corrected chi connectivity index (χ3v) is 2.56. The van der Waals surface area contributed by atoms with E-state index in [4.69, 9.17) is 11.6 Å². The highest BCUT2D eigenvalue weighted by Crippen LogP contribution is 2.16. The summed E-state index contributed by atoms with van der Waals surface area (Å²) in [5.41, 5.74) is 0.304. The van der Waals surface area contributed by atoms with Crippen molar-refractivity contribution in [2.45, 2.75) is 6.42 Å². The van der Waals surface area contributed by atoms with E-state index < -0.39 is 5.82 Å². The van der Waals surface area contributed by atoms with Gasteiger partial charge in [-0.15, -0.1) is 0 Å². The minimum Gasteiger partial charge on any atom is -0.352 e. The van der Waals surface area contributed by atoms with Gasteiger partial charge in [-0.1, -0.05) is 11.6 Å². The van der Waals surface area contributed by atoms with Gasteiger partial charge in [0.1, 0.15) is 5.82 Å². The Labute approximate surface area is 106 Å². The van der Waals surface area contributed by atoms with Crippen molar-refractivity contribution in [3.63, 3.8) is 0 Å². The number of hydrogen-bond donors (Lipinski definition) is 1. The minimum atomic E-state index is -0.445. The highest BCUT2D eigenvalue weighted by atomic mass is 35.5. The van der Waals surface area contributed by atoms with Gasteiger partial charge in [0.15, 0.2) is 0 Å². The Morgan fingerprint density at radius 1 is 1.47 bits per heavy atom. The Kier molecular flexibility index (Phi) is 5.38. The number of nitrogens with zero attached hydrogens (tertiary/aromatic N) is 1. The largest absolute Gasteiger partial charge is 0.352 e. The molecular weight excluding hydrogens is 243 g/mol. The fourth-order valence-electron chi connectivity index (χ4n) is 1.37. The first-order chi connectivity index (χ1) is 8.00. The average molecular weight is 259 g/mol. The SMILES string of the molecule is CN(C)CCCNC(=O)c1ccc(F)cc1Cl. The second kappa shape index (κ2) is 6.57. The van der Waals surface area contributed by atoms with E-state index in [0.29, 0.717) is 12.1 Å². The molecule has 1 N–H and O–H groups in total. The molecule has 0 aliphatic carbocycles. The van der Waals surface area contributed by atoms with Crippen LogP contribution >= 0.6 is 11.6 Å². The molecule has 0 unspecified atom stereocenters. The van der Waals surface area contributed by atoms with Crippen molar-refractivity contribution in [1.29, 1.82) is 0 Å². The van der Waals surface area contributed by atoms with Crippen LogP contribution in [0.2, 0.25) is 5.02 Å². The number of hydrogen-bond acceptors (Lipinski definition) is 2. The van der Waals surface area contributed by atoms with Crippen LogP contribution in [0.15, 0.2) is 18.2 Å². The Hall–Kier alpha value is -1.13. The van der Waals surface area contributed by atoms with Crippen molar-refractivity contribution < 1.29 is 9.18 Å². The monoisotopic (exact) mass is 258 g/mol. The van der Waals surface area contributed by atoms with E-state index in [9.17, 15) is 9.18 Å². The van der Waals surface area contributed by atoms with Crippen LogP contribution < -0.4 is 5.32 Å². The zero-order chi connectivity index (χ0) is 12.8. The Morgan fingerprint density at radius 3 is 2.76 bits per heavy atom. The molecule has 17 heavy (non-hydrogen) atoms. The molecule has 5 heteroatoms. The summed E-state index contributed by atoms with van der Waals surface area (Å²) in [5, 5.41) is 2.88. The minimum absolute atomic E-state index is 0.134. The van der Waals surface area contributed by atoms with Crippen LogP contribution in [0.1, 0.15) is 16.8 Å². The maximum atomic E-state index is 12.8. The Morgan fingerprint density at radius 2 is 2.18 bits per heavy atom. The molecule has 0 aromatic heterocycles. The first-order valence-electron chi connectivity index (χ1n) is 5.38. The summed E-state index contributed by atoms with van der Waals surface area (Å²) in [6.07, 6.45) is 0.859. The maximum Gasteiger partial charge on any atom is 0.252 e. The summed E-state index contributed by atoms with van der Waals surface area (Å²) in [6, 6.07) is 3.75. The van der Waals surface area contributed by atoms with Gasteiger partial charge >= 0.3 is 0 Å². The Bertz CT molecular complexity index is 396. The topological polar surface area (TPSA) is 32.3 Å². The van der Waals surface area contributed by atoms with Crippen LogP contribution in [-0.2, 0) is 0 Å². The van der Waals surface area contributed by atoms with Crippen molar-refractivity contribution >= 4 is 17.5 Å². The van der Waals surface area contributed by atoms with Crippen molar-refractivity contribution in [1.82, 2.24) is 10.2 Å². The quantitative estimate of drug-likeness (QED) is 0.821. The smallest absolute Gasteiger partial charge is 0.252 e. The van der Waals surface area contributed by atoms with E-state index in [1.54, 1.807) is 0 Å². The molecule has 0 spiro atoms. The summed E-state index contributed by atoms with van der Waals surface area (Å²) >= 11 is 5.78. The molecule has 0 radical (unpaired) electrons. The third kappa shape index (κ3) is 4.71. The van der Waals surface area contributed by atoms with Crippen LogP contribution in [0, 0.1) is 5.82 Å². The number of carbonyl (C=O) groups excluding carboxylic acids is 1.